The monoisotopic (exact) mass is 278 g/mol. The van der Waals surface area contributed by atoms with Crippen LogP contribution < -0.4 is 10.1 Å². The van der Waals surface area contributed by atoms with Gasteiger partial charge in [-0.25, -0.2) is 0 Å². The van der Waals surface area contributed by atoms with E-state index in [1.165, 1.54) is 31.4 Å². The summed E-state index contributed by atoms with van der Waals surface area (Å²) in [5.74, 6) is 1.75. The normalized spacial score (nSPS) is 21.6. The second-order valence-electron chi connectivity index (χ2n) is 6.39. The smallest absolute Gasteiger partial charge is 0.118 e. The van der Waals surface area contributed by atoms with Crippen molar-refractivity contribution in [3.05, 3.63) is 29.8 Å². The van der Waals surface area contributed by atoms with Crippen LogP contribution in [0, 0.1) is 5.92 Å². The Bertz CT molecular complexity index is 400. The maximum absolute atomic E-state index is 5.77. The molecule has 2 N–H and O–H groups in total. The summed E-state index contributed by atoms with van der Waals surface area (Å²) in [6, 6.07) is 8.36. The minimum absolute atomic E-state index is 0.0822. The molecule has 3 nitrogen and oxygen atoms in total. The molecule has 1 aliphatic rings. The van der Waals surface area contributed by atoms with Crippen LogP contribution in [-0.2, 0) is 11.3 Å². The summed E-state index contributed by atoms with van der Waals surface area (Å²) in [5, 5.41) is 2.41. The van der Waals surface area contributed by atoms with E-state index in [4.69, 9.17) is 9.47 Å². The van der Waals surface area contributed by atoms with Gasteiger partial charge in [-0.05, 0) is 63.3 Å². The molecule has 112 valence electrons. The highest BCUT2D eigenvalue weighted by molar-refractivity contribution is 5.26. The molecule has 2 rings (SSSR count). The Kier molecular flexibility index (Phi) is 5.44. The van der Waals surface area contributed by atoms with E-state index in [1.807, 2.05) is 12.1 Å². The zero-order valence-corrected chi connectivity index (χ0v) is 13.0. The quantitative estimate of drug-likeness (QED) is 0.811. The van der Waals surface area contributed by atoms with Gasteiger partial charge in [0.1, 0.15) is 12.3 Å². The molecular weight excluding hydrogens is 250 g/mol. The average molecular weight is 278 g/mol. The molecule has 1 heterocycles. The Morgan fingerprint density at radius 2 is 2.05 bits per heavy atom. The topological polar surface area (TPSA) is 35.1 Å². The number of hydrogen-bond donors (Lipinski definition) is 1. The van der Waals surface area contributed by atoms with Gasteiger partial charge in [0.2, 0.25) is 0 Å². The predicted molar refractivity (Wildman–Crippen MR) is 80.9 cm³/mol. The lowest BCUT2D eigenvalue weighted by Gasteiger charge is -2.35. The Morgan fingerprint density at radius 1 is 1.30 bits per heavy atom. The third-order valence-corrected chi connectivity index (χ3v) is 4.12. The van der Waals surface area contributed by atoms with Crippen molar-refractivity contribution in [1.29, 1.82) is 0 Å². The number of nitrogens with two attached hydrogens (primary N) is 1. The van der Waals surface area contributed by atoms with Gasteiger partial charge in [0.05, 0.1) is 19.3 Å². The minimum atomic E-state index is 0.0822. The first-order chi connectivity index (χ1) is 9.59. The first-order valence-corrected chi connectivity index (χ1v) is 7.67. The van der Waals surface area contributed by atoms with Gasteiger partial charge in [0, 0.05) is 12.2 Å². The van der Waals surface area contributed by atoms with Gasteiger partial charge < -0.3 is 14.8 Å². The summed E-state index contributed by atoms with van der Waals surface area (Å²) >= 11 is 0. The van der Waals surface area contributed by atoms with E-state index in [0.29, 0.717) is 0 Å². The first kappa shape index (κ1) is 15.3. The highest BCUT2D eigenvalue weighted by Crippen LogP contribution is 2.29. The van der Waals surface area contributed by atoms with Gasteiger partial charge in [-0.3, -0.25) is 0 Å². The Morgan fingerprint density at radius 3 is 2.70 bits per heavy atom. The van der Waals surface area contributed by atoms with E-state index >= 15 is 0 Å². The molecular formula is C17H28NO2+. The maximum atomic E-state index is 5.77. The summed E-state index contributed by atoms with van der Waals surface area (Å²) in [6.07, 6.45) is 3.71. The fraction of sp³-hybridized carbons (Fsp3) is 0.647. The van der Waals surface area contributed by atoms with Crippen molar-refractivity contribution in [2.75, 3.05) is 20.3 Å². The van der Waals surface area contributed by atoms with Crippen LogP contribution in [-0.4, -0.2) is 25.9 Å². The molecule has 0 radical (unpaired) electrons. The number of hydrogen-bond acceptors (Lipinski definition) is 2. The van der Waals surface area contributed by atoms with Gasteiger partial charge in [-0.15, -0.1) is 0 Å². The van der Waals surface area contributed by atoms with Crippen molar-refractivity contribution < 1.29 is 14.8 Å². The summed E-state index contributed by atoms with van der Waals surface area (Å²) in [6.45, 7) is 7.60. The van der Waals surface area contributed by atoms with Crippen molar-refractivity contribution in [2.24, 2.45) is 5.92 Å². The Labute approximate surface area is 122 Å². The molecule has 1 atom stereocenters. The molecule has 20 heavy (non-hydrogen) atoms. The molecule has 1 aromatic rings. The molecule has 1 aromatic carbocycles. The van der Waals surface area contributed by atoms with Crippen LogP contribution in [0.4, 0.5) is 0 Å². The van der Waals surface area contributed by atoms with Crippen molar-refractivity contribution >= 4 is 0 Å². The van der Waals surface area contributed by atoms with Crippen LogP contribution in [0.3, 0.4) is 0 Å². The lowest BCUT2D eigenvalue weighted by molar-refractivity contribution is -0.671. The van der Waals surface area contributed by atoms with E-state index < -0.39 is 0 Å². The molecule has 1 aliphatic heterocycles. The summed E-state index contributed by atoms with van der Waals surface area (Å²) < 4.78 is 10.9. The summed E-state index contributed by atoms with van der Waals surface area (Å²) in [5.41, 5.74) is 1.44. The molecule has 1 fully saturated rings. The van der Waals surface area contributed by atoms with Gasteiger partial charge in [0.25, 0.3) is 0 Å². The fourth-order valence-electron chi connectivity index (χ4n) is 2.99. The second-order valence-corrected chi connectivity index (χ2v) is 6.39. The van der Waals surface area contributed by atoms with Gasteiger partial charge in [-0.2, -0.15) is 0 Å². The van der Waals surface area contributed by atoms with Crippen LogP contribution >= 0.6 is 0 Å². The second kappa shape index (κ2) is 7.09. The highest BCUT2D eigenvalue weighted by Gasteiger charge is 2.28. The third-order valence-electron chi connectivity index (χ3n) is 4.12. The number of benzene rings is 1. The molecule has 1 saturated heterocycles. The van der Waals surface area contributed by atoms with Crippen LogP contribution in [0.15, 0.2) is 24.3 Å². The molecule has 3 heteroatoms. The molecule has 0 aliphatic carbocycles. The summed E-state index contributed by atoms with van der Waals surface area (Å²) in [7, 11) is 1.70. The van der Waals surface area contributed by atoms with Crippen molar-refractivity contribution in [2.45, 2.75) is 45.3 Å². The molecule has 0 amide bonds. The highest BCUT2D eigenvalue weighted by atomic mass is 16.5. The lowest BCUT2D eigenvalue weighted by atomic mass is 9.86. The predicted octanol–water partition coefficient (Wildman–Crippen LogP) is 2.35. The van der Waals surface area contributed by atoms with Crippen LogP contribution in [0.25, 0.3) is 0 Å². The average Bonchev–Trinajstić information content (AvgIpc) is 2.43. The van der Waals surface area contributed by atoms with Crippen LogP contribution in [0.5, 0.6) is 5.75 Å². The summed E-state index contributed by atoms with van der Waals surface area (Å²) in [4.78, 5) is 0. The number of rotatable bonds is 6. The van der Waals surface area contributed by atoms with Crippen LogP contribution in [0.1, 0.15) is 38.7 Å². The van der Waals surface area contributed by atoms with E-state index in [1.54, 1.807) is 7.11 Å². The largest absolute Gasteiger partial charge is 0.497 e. The SMILES string of the molecule is COc1ccc(C[NH2+]CCC2CCOC(C)(C)C2)cc1. The number of methoxy groups -OCH3 is 1. The van der Waals surface area contributed by atoms with Crippen molar-refractivity contribution in [3.63, 3.8) is 0 Å². The van der Waals surface area contributed by atoms with E-state index in [-0.39, 0.29) is 5.60 Å². The first-order valence-electron chi connectivity index (χ1n) is 7.67. The molecule has 0 saturated carbocycles. The van der Waals surface area contributed by atoms with E-state index in [9.17, 15) is 0 Å². The molecule has 1 unspecified atom stereocenters. The molecule has 0 bridgehead atoms. The van der Waals surface area contributed by atoms with Gasteiger partial charge in [-0.1, -0.05) is 0 Å². The standard InChI is InChI=1S/C17H27NO2/c1-17(2)12-14(9-11-20-17)8-10-18-13-15-4-6-16(19-3)7-5-15/h4-7,14,18H,8-13H2,1-3H3/p+1. The number of ether oxygens (including phenoxy) is 2. The Balaban J connectivity index is 1.65. The van der Waals surface area contributed by atoms with Crippen molar-refractivity contribution in [1.82, 2.24) is 0 Å². The van der Waals surface area contributed by atoms with Gasteiger partial charge >= 0.3 is 0 Å². The van der Waals surface area contributed by atoms with E-state index in [0.717, 1.165) is 24.8 Å². The minimum Gasteiger partial charge on any atom is -0.497 e. The third kappa shape index (κ3) is 4.80. The van der Waals surface area contributed by atoms with Gasteiger partial charge in [0.15, 0.2) is 0 Å². The zero-order valence-electron chi connectivity index (χ0n) is 13.0. The maximum Gasteiger partial charge on any atom is 0.118 e. The molecule has 0 aromatic heterocycles. The van der Waals surface area contributed by atoms with Crippen LogP contribution in [0.2, 0.25) is 0 Å². The van der Waals surface area contributed by atoms with Crippen molar-refractivity contribution in [3.8, 4) is 5.75 Å². The Hall–Kier alpha value is -1.06. The lowest BCUT2D eigenvalue weighted by Crippen LogP contribution is -2.82. The van der Waals surface area contributed by atoms with E-state index in [2.05, 4.69) is 31.3 Å². The molecule has 0 spiro atoms. The zero-order chi connectivity index (χ0) is 14.4. The fourth-order valence-corrected chi connectivity index (χ4v) is 2.99. The number of quaternary nitrogens is 1.